The number of likely N-dealkylation sites (tertiary alicyclic amines) is 1. The molecule has 6 nitrogen and oxygen atoms in total. The average molecular weight is 278 g/mol. The van der Waals surface area contributed by atoms with Crippen molar-refractivity contribution < 1.29 is 19.8 Å². The molecule has 0 saturated carbocycles. The summed E-state index contributed by atoms with van der Waals surface area (Å²) in [5.74, 6) is -0.914. The van der Waals surface area contributed by atoms with E-state index in [9.17, 15) is 19.8 Å². The molecule has 2 amide bonds. The molecule has 0 atom stereocenters. The van der Waals surface area contributed by atoms with Crippen LogP contribution in [0.15, 0.2) is 18.2 Å². The summed E-state index contributed by atoms with van der Waals surface area (Å²) in [5, 5.41) is 19.0. The van der Waals surface area contributed by atoms with Gasteiger partial charge in [0.1, 0.15) is 11.5 Å². The van der Waals surface area contributed by atoms with Crippen molar-refractivity contribution >= 4 is 11.8 Å². The van der Waals surface area contributed by atoms with Crippen LogP contribution in [-0.4, -0.2) is 58.5 Å². The standard InChI is InChI=1S/C14H18N2O4/c1-15(9-13(19)16-6-2-3-7-16)14(20)11-8-10(17)4-5-12(11)18/h4-5,8,17-18H,2-3,6-7,9H2,1H3. The van der Waals surface area contributed by atoms with E-state index in [0.717, 1.165) is 25.9 Å². The summed E-state index contributed by atoms with van der Waals surface area (Å²) < 4.78 is 0. The number of benzene rings is 1. The molecule has 20 heavy (non-hydrogen) atoms. The number of hydrogen-bond donors (Lipinski definition) is 2. The smallest absolute Gasteiger partial charge is 0.257 e. The maximum Gasteiger partial charge on any atom is 0.257 e. The van der Waals surface area contributed by atoms with Gasteiger partial charge in [-0.05, 0) is 31.0 Å². The molecule has 0 aliphatic carbocycles. The van der Waals surface area contributed by atoms with Gasteiger partial charge in [-0.3, -0.25) is 9.59 Å². The number of phenols is 2. The van der Waals surface area contributed by atoms with Crippen molar-refractivity contribution in [1.29, 1.82) is 0 Å². The van der Waals surface area contributed by atoms with Crippen molar-refractivity contribution in [3.05, 3.63) is 23.8 Å². The molecule has 1 aliphatic heterocycles. The Balaban J connectivity index is 2.04. The van der Waals surface area contributed by atoms with E-state index < -0.39 is 5.91 Å². The number of nitrogens with zero attached hydrogens (tertiary/aromatic N) is 2. The quantitative estimate of drug-likeness (QED) is 0.801. The number of rotatable bonds is 3. The summed E-state index contributed by atoms with van der Waals surface area (Å²) in [7, 11) is 1.50. The highest BCUT2D eigenvalue weighted by molar-refractivity contribution is 5.98. The van der Waals surface area contributed by atoms with Crippen LogP contribution in [0.1, 0.15) is 23.2 Å². The Morgan fingerprint density at radius 1 is 1.25 bits per heavy atom. The first-order valence-electron chi connectivity index (χ1n) is 6.54. The molecule has 0 radical (unpaired) electrons. The second-order valence-electron chi connectivity index (χ2n) is 4.95. The third-order valence-electron chi connectivity index (χ3n) is 3.39. The van der Waals surface area contributed by atoms with Gasteiger partial charge in [-0.2, -0.15) is 0 Å². The van der Waals surface area contributed by atoms with Crippen LogP contribution < -0.4 is 0 Å². The zero-order valence-electron chi connectivity index (χ0n) is 11.4. The second kappa shape index (κ2) is 5.81. The monoisotopic (exact) mass is 278 g/mol. The molecular weight excluding hydrogens is 260 g/mol. The highest BCUT2D eigenvalue weighted by atomic mass is 16.3. The molecular formula is C14H18N2O4. The minimum Gasteiger partial charge on any atom is -0.508 e. The predicted octanol–water partition coefficient (Wildman–Crippen LogP) is 0.792. The van der Waals surface area contributed by atoms with Crippen LogP contribution in [0.4, 0.5) is 0 Å². The highest BCUT2D eigenvalue weighted by Crippen LogP contribution is 2.23. The Morgan fingerprint density at radius 2 is 1.90 bits per heavy atom. The topological polar surface area (TPSA) is 81.1 Å². The number of carbonyl (C=O) groups excluding carboxylic acids is 2. The number of amides is 2. The molecule has 108 valence electrons. The first kappa shape index (κ1) is 14.2. The molecule has 0 unspecified atom stereocenters. The second-order valence-corrected chi connectivity index (χ2v) is 4.95. The van der Waals surface area contributed by atoms with Crippen LogP contribution in [0.25, 0.3) is 0 Å². The molecule has 1 aromatic rings. The van der Waals surface area contributed by atoms with Crippen LogP contribution in [-0.2, 0) is 4.79 Å². The SMILES string of the molecule is CN(CC(=O)N1CCCC1)C(=O)c1cc(O)ccc1O. The summed E-state index contributed by atoms with van der Waals surface area (Å²) in [6.45, 7) is 1.43. The zero-order valence-corrected chi connectivity index (χ0v) is 11.4. The minimum atomic E-state index is -0.494. The average Bonchev–Trinajstić information content (AvgIpc) is 2.94. The first-order valence-corrected chi connectivity index (χ1v) is 6.54. The van der Waals surface area contributed by atoms with Crippen LogP contribution >= 0.6 is 0 Å². The molecule has 2 rings (SSSR count). The lowest BCUT2D eigenvalue weighted by atomic mass is 10.1. The van der Waals surface area contributed by atoms with Crippen LogP contribution in [0.3, 0.4) is 0 Å². The van der Waals surface area contributed by atoms with Gasteiger partial charge in [-0.15, -0.1) is 0 Å². The molecule has 1 fully saturated rings. The van der Waals surface area contributed by atoms with E-state index in [0.29, 0.717) is 0 Å². The van der Waals surface area contributed by atoms with Crippen molar-refractivity contribution in [3.8, 4) is 11.5 Å². The predicted molar refractivity (Wildman–Crippen MR) is 72.5 cm³/mol. The normalized spacial score (nSPS) is 14.3. The van der Waals surface area contributed by atoms with Crippen LogP contribution in [0, 0.1) is 0 Å². The van der Waals surface area contributed by atoms with E-state index in [1.54, 1.807) is 4.90 Å². The van der Waals surface area contributed by atoms with Gasteiger partial charge >= 0.3 is 0 Å². The summed E-state index contributed by atoms with van der Waals surface area (Å²) >= 11 is 0. The molecule has 2 N–H and O–H groups in total. The summed E-state index contributed by atoms with van der Waals surface area (Å²) in [5.41, 5.74) is -0.0123. The van der Waals surface area contributed by atoms with Crippen LogP contribution in [0.5, 0.6) is 11.5 Å². The summed E-state index contributed by atoms with van der Waals surface area (Å²) in [6, 6.07) is 3.73. The van der Waals surface area contributed by atoms with Crippen molar-refractivity contribution in [2.24, 2.45) is 0 Å². The van der Waals surface area contributed by atoms with Crippen molar-refractivity contribution in [1.82, 2.24) is 9.80 Å². The maximum atomic E-state index is 12.2. The van der Waals surface area contributed by atoms with Gasteiger partial charge in [0.15, 0.2) is 0 Å². The van der Waals surface area contributed by atoms with E-state index in [2.05, 4.69) is 0 Å². The molecule has 1 aliphatic rings. The minimum absolute atomic E-state index is 0.0123. The Hall–Kier alpha value is -2.24. The van der Waals surface area contributed by atoms with Crippen molar-refractivity contribution in [2.75, 3.05) is 26.7 Å². The van der Waals surface area contributed by atoms with Gasteiger partial charge in [0.25, 0.3) is 5.91 Å². The molecule has 1 heterocycles. The number of carbonyl (C=O) groups is 2. The lowest BCUT2D eigenvalue weighted by molar-refractivity contribution is -0.130. The molecule has 1 saturated heterocycles. The highest BCUT2D eigenvalue weighted by Gasteiger charge is 2.23. The number of aromatic hydroxyl groups is 2. The van der Waals surface area contributed by atoms with Crippen molar-refractivity contribution in [3.63, 3.8) is 0 Å². The molecule has 0 spiro atoms. The largest absolute Gasteiger partial charge is 0.508 e. The lowest BCUT2D eigenvalue weighted by Crippen LogP contribution is -2.39. The Bertz CT molecular complexity index is 524. The molecule has 6 heteroatoms. The summed E-state index contributed by atoms with van der Waals surface area (Å²) in [6.07, 6.45) is 1.99. The van der Waals surface area contributed by atoms with E-state index in [-0.39, 0.29) is 29.5 Å². The number of phenolic OH excluding ortho intramolecular Hbond substituents is 2. The van der Waals surface area contributed by atoms with Gasteiger partial charge in [-0.25, -0.2) is 0 Å². The fraction of sp³-hybridized carbons (Fsp3) is 0.429. The van der Waals surface area contributed by atoms with Gasteiger partial charge in [0.05, 0.1) is 12.1 Å². The fourth-order valence-corrected chi connectivity index (χ4v) is 2.24. The van der Waals surface area contributed by atoms with E-state index >= 15 is 0 Å². The van der Waals surface area contributed by atoms with E-state index in [1.807, 2.05) is 0 Å². The Morgan fingerprint density at radius 3 is 2.55 bits per heavy atom. The molecule has 1 aromatic carbocycles. The third kappa shape index (κ3) is 3.01. The number of hydrogen-bond acceptors (Lipinski definition) is 4. The fourth-order valence-electron chi connectivity index (χ4n) is 2.24. The van der Waals surface area contributed by atoms with Gasteiger partial charge < -0.3 is 20.0 Å². The van der Waals surface area contributed by atoms with Gasteiger partial charge in [0.2, 0.25) is 5.91 Å². The first-order chi connectivity index (χ1) is 9.49. The van der Waals surface area contributed by atoms with Gasteiger partial charge in [0, 0.05) is 20.1 Å². The van der Waals surface area contributed by atoms with E-state index in [4.69, 9.17) is 0 Å². The zero-order chi connectivity index (χ0) is 14.7. The number of likely N-dealkylation sites (N-methyl/N-ethyl adjacent to an activating group) is 1. The Labute approximate surface area is 117 Å². The molecule has 0 aromatic heterocycles. The Kier molecular flexibility index (Phi) is 4.12. The summed E-state index contributed by atoms with van der Waals surface area (Å²) in [4.78, 5) is 27.1. The van der Waals surface area contributed by atoms with Gasteiger partial charge in [-0.1, -0.05) is 0 Å². The van der Waals surface area contributed by atoms with E-state index in [1.165, 1.54) is 30.1 Å². The van der Waals surface area contributed by atoms with Crippen molar-refractivity contribution in [2.45, 2.75) is 12.8 Å². The molecule has 0 bridgehead atoms. The lowest BCUT2D eigenvalue weighted by Gasteiger charge is -2.21. The third-order valence-corrected chi connectivity index (χ3v) is 3.39. The van der Waals surface area contributed by atoms with Crippen LogP contribution in [0.2, 0.25) is 0 Å². The maximum absolute atomic E-state index is 12.2.